The molecule has 1 atom stereocenters. The number of alkyl halides is 6. The summed E-state index contributed by atoms with van der Waals surface area (Å²) >= 11 is 6.22. The Hall–Kier alpha value is -2.85. The summed E-state index contributed by atoms with van der Waals surface area (Å²) < 4.78 is 78.5. The lowest BCUT2D eigenvalue weighted by atomic mass is 9.98. The van der Waals surface area contributed by atoms with Gasteiger partial charge < -0.3 is 10.3 Å². The Morgan fingerprint density at radius 1 is 0.969 bits per heavy atom. The minimum absolute atomic E-state index is 0.115. The van der Waals surface area contributed by atoms with Crippen LogP contribution in [0.2, 0.25) is 5.15 Å². The average Bonchev–Trinajstić information content (AvgIpc) is 3.14. The van der Waals surface area contributed by atoms with Crippen LogP contribution in [-0.2, 0) is 12.4 Å². The number of nitrogens with one attached hydrogen (secondary N) is 2. The van der Waals surface area contributed by atoms with Crippen molar-refractivity contribution < 1.29 is 26.3 Å². The molecule has 32 heavy (non-hydrogen) atoms. The van der Waals surface area contributed by atoms with Crippen molar-refractivity contribution in [3.63, 3.8) is 0 Å². The van der Waals surface area contributed by atoms with Crippen LogP contribution in [0.1, 0.15) is 35.1 Å². The summed E-state index contributed by atoms with van der Waals surface area (Å²) in [4.78, 5) is 11.2. The maximum absolute atomic E-state index is 13.4. The molecule has 2 aromatic heterocycles. The first-order valence-corrected chi connectivity index (χ1v) is 9.81. The number of H-pyrrole nitrogens is 1. The fraction of sp³-hybridized carbons (Fsp3) is 0.238. The quantitative estimate of drug-likeness (QED) is 0.441. The van der Waals surface area contributed by atoms with Gasteiger partial charge in [0.1, 0.15) is 16.7 Å². The zero-order chi connectivity index (χ0) is 23.1. The second-order valence-corrected chi connectivity index (χ2v) is 7.51. The topological polar surface area (TPSA) is 53.6 Å². The van der Waals surface area contributed by atoms with Crippen LogP contribution < -0.4 is 5.32 Å². The zero-order valence-electron chi connectivity index (χ0n) is 16.2. The van der Waals surface area contributed by atoms with Crippen LogP contribution in [0, 0.1) is 0 Å². The van der Waals surface area contributed by atoms with Gasteiger partial charge in [-0.25, -0.2) is 4.98 Å². The molecule has 4 rings (SSSR count). The molecule has 0 fully saturated rings. The first-order valence-electron chi connectivity index (χ1n) is 9.44. The molecule has 0 radical (unpaired) electrons. The van der Waals surface area contributed by atoms with E-state index in [1.165, 1.54) is 24.4 Å². The van der Waals surface area contributed by atoms with E-state index in [9.17, 15) is 26.3 Å². The first-order chi connectivity index (χ1) is 15.0. The van der Waals surface area contributed by atoms with Crippen molar-refractivity contribution in [2.45, 2.75) is 24.8 Å². The standard InChI is InChI=1S/C21H15ClF6N4/c22-18-16(11-3-5-13(6-4-11)20(23,24)25)31-19(32-18)12-7-9-29-15(10-12)17-14(21(26,27)28)2-1-8-30-17/h1-6,8,10,15,29H,7,9H2,(H,31,32). The highest BCUT2D eigenvalue weighted by atomic mass is 35.5. The van der Waals surface area contributed by atoms with Gasteiger partial charge in [0, 0.05) is 18.3 Å². The lowest BCUT2D eigenvalue weighted by Crippen LogP contribution is -2.28. The van der Waals surface area contributed by atoms with Gasteiger partial charge >= 0.3 is 12.4 Å². The smallest absolute Gasteiger partial charge is 0.329 e. The SMILES string of the molecule is FC(F)(F)c1ccc(-c2nc(C3=CC(c4ncccc4C(F)(F)F)NCC3)[nH]c2Cl)cc1. The molecule has 0 saturated heterocycles. The van der Waals surface area contributed by atoms with Crippen molar-refractivity contribution >= 4 is 17.2 Å². The van der Waals surface area contributed by atoms with Crippen LogP contribution in [0.25, 0.3) is 16.8 Å². The molecule has 0 aliphatic carbocycles. The Bertz CT molecular complexity index is 1150. The molecule has 3 heterocycles. The highest BCUT2D eigenvalue weighted by Gasteiger charge is 2.36. The fourth-order valence-electron chi connectivity index (χ4n) is 3.50. The molecule has 0 amide bonds. The Kier molecular flexibility index (Phi) is 5.76. The molecule has 2 N–H and O–H groups in total. The average molecular weight is 473 g/mol. The summed E-state index contributed by atoms with van der Waals surface area (Å²) in [5.41, 5.74) is -0.544. The fourth-order valence-corrected chi connectivity index (χ4v) is 3.74. The maximum atomic E-state index is 13.4. The normalized spacial score (nSPS) is 17.3. The minimum Gasteiger partial charge on any atom is -0.329 e. The zero-order valence-corrected chi connectivity index (χ0v) is 16.9. The Balaban J connectivity index is 1.66. The van der Waals surface area contributed by atoms with Crippen molar-refractivity contribution in [2.75, 3.05) is 6.54 Å². The lowest BCUT2D eigenvalue weighted by molar-refractivity contribution is -0.139. The monoisotopic (exact) mass is 472 g/mol. The van der Waals surface area contributed by atoms with E-state index in [0.717, 1.165) is 18.2 Å². The molecular weight excluding hydrogens is 458 g/mol. The number of rotatable bonds is 3. The van der Waals surface area contributed by atoms with Crippen molar-refractivity contribution in [1.29, 1.82) is 0 Å². The number of hydrogen-bond acceptors (Lipinski definition) is 3. The number of hydrogen-bond donors (Lipinski definition) is 2. The van der Waals surface area contributed by atoms with Crippen LogP contribution >= 0.6 is 11.6 Å². The lowest BCUT2D eigenvalue weighted by Gasteiger charge is -2.24. The van der Waals surface area contributed by atoms with Gasteiger partial charge in [-0.05, 0) is 36.3 Å². The Labute approximate surface area is 183 Å². The maximum Gasteiger partial charge on any atom is 0.418 e. The number of nitrogens with zero attached hydrogens (tertiary/aromatic N) is 2. The predicted molar refractivity (Wildman–Crippen MR) is 107 cm³/mol. The van der Waals surface area contributed by atoms with Gasteiger partial charge in [0.05, 0.1) is 22.9 Å². The van der Waals surface area contributed by atoms with Crippen LogP contribution in [-0.4, -0.2) is 21.5 Å². The van der Waals surface area contributed by atoms with Crippen molar-refractivity contribution in [2.24, 2.45) is 0 Å². The van der Waals surface area contributed by atoms with Gasteiger partial charge in [0.2, 0.25) is 0 Å². The molecule has 4 nitrogen and oxygen atoms in total. The highest BCUT2D eigenvalue weighted by molar-refractivity contribution is 6.32. The molecule has 1 aromatic carbocycles. The number of benzene rings is 1. The summed E-state index contributed by atoms with van der Waals surface area (Å²) in [6.45, 7) is 0.373. The molecule has 3 aromatic rings. The van der Waals surface area contributed by atoms with E-state index in [2.05, 4.69) is 20.3 Å². The number of imidazole rings is 1. The van der Waals surface area contributed by atoms with Gasteiger partial charge in [-0.1, -0.05) is 29.8 Å². The second-order valence-electron chi connectivity index (χ2n) is 7.13. The van der Waals surface area contributed by atoms with Crippen molar-refractivity contribution in [3.05, 3.63) is 76.5 Å². The Morgan fingerprint density at radius 3 is 2.34 bits per heavy atom. The largest absolute Gasteiger partial charge is 0.418 e. The number of pyridine rings is 1. The summed E-state index contributed by atoms with van der Waals surface area (Å²) in [6.07, 6.45) is -5.68. The molecule has 0 saturated carbocycles. The van der Waals surface area contributed by atoms with Gasteiger partial charge in [-0.2, -0.15) is 26.3 Å². The summed E-state index contributed by atoms with van der Waals surface area (Å²) in [6, 6.07) is 5.78. The highest BCUT2D eigenvalue weighted by Crippen LogP contribution is 2.37. The van der Waals surface area contributed by atoms with Gasteiger partial charge in [0.25, 0.3) is 0 Å². The molecule has 1 aliphatic rings. The van der Waals surface area contributed by atoms with E-state index in [1.807, 2.05) is 0 Å². The van der Waals surface area contributed by atoms with E-state index in [4.69, 9.17) is 11.6 Å². The van der Waals surface area contributed by atoms with Crippen LogP contribution in [0.4, 0.5) is 26.3 Å². The minimum atomic E-state index is -4.56. The van der Waals surface area contributed by atoms with Gasteiger partial charge in [-0.3, -0.25) is 4.98 Å². The third-order valence-corrected chi connectivity index (χ3v) is 5.29. The van der Waals surface area contributed by atoms with Gasteiger partial charge in [-0.15, -0.1) is 0 Å². The first kappa shape index (κ1) is 22.3. The van der Waals surface area contributed by atoms with Crippen molar-refractivity contribution in [3.8, 4) is 11.3 Å². The second kappa shape index (κ2) is 8.25. The van der Waals surface area contributed by atoms with Crippen molar-refractivity contribution in [1.82, 2.24) is 20.3 Å². The summed E-state index contributed by atoms with van der Waals surface area (Å²) in [5.74, 6) is 0.334. The third-order valence-electron chi connectivity index (χ3n) is 5.01. The molecule has 168 valence electrons. The summed E-state index contributed by atoms with van der Waals surface area (Å²) in [5, 5.41) is 3.12. The molecule has 11 heteroatoms. The predicted octanol–water partition coefficient (Wildman–Crippen LogP) is 6.28. The van der Waals surface area contributed by atoms with E-state index in [1.54, 1.807) is 6.08 Å². The van der Waals surface area contributed by atoms with Crippen LogP contribution in [0.15, 0.2) is 48.7 Å². The third kappa shape index (κ3) is 4.51. The van der Waals surface area contributed by atoms with Crippen LogP contribution in [0.5, 0.6) is 0 Å². The molecular formula is C21H15ClF6N4. The van der Waals surface area contributed by atoms with E-state index in [-0.39, 0.29) is 16.5 Å². The summed E-state index contributed by atoms with van der Waals surface area (Å²) in [7, 11) is 0. The Morgan fingerprint density at radius 2 is 1.69 bits per heavy atom. The molecule has 0 spiro atoms. The van der Waals surface area contributed by atoms with E-state index >= 15 is 0 Å². The van der Waals surface area contributed by atoms with Crippen LogP contribution in [0.3, 0.4) is 0 Å². The molecule has 1 aliphatic heterocycles. The number of aromatic nitrogens is 3. The molecule has 1 unspecified atom stereocenters. The number of halogens is 7. The number of aromatic amines is 1. The van der Waals surface area contributed by atoms with Gasteiger partial charge in [0.15, 0.2) is 0 Å². The molecule has 0 bridgehead atoms. The van der Waals surface area contributed by atoms with E-state index < -0.39 is 29.5 Å². The van der Waals surface area contributed by atoms with E-state index in [0.29, 0.717) is 29.9 Å².